The number of aryl methyl sites for hydroxylation is 1. The Labute approximate surface area is 75.4 Å². The minimum atomic E-state index is -0.143. The molecule has 1 aromatic carbocycles. The van der Waals surface area contributed by atoms with Gasteiger partial charge in [0.15, 0.2) is 0 Å². The van der Waals surface area contributed by atoms with Crippen molar-refractivity contribution in [3.63, 3.8) is 0 Å². The normalized spacial score (nSPS) is 10.5. The lowest BCUT2D eigenvalue weighted by atomic mass is 10.1. The molecule has 0 atom stereocenters. The smallest absolute Gasteiger partial charge is 0.276 e. The van der Waals surface area contributed by atoms with Crippen LogP contribution >= 0.6 is 0 Å². The van der Waals surface area contributed by atoms with Gasteiger partial charge in [-0.3, -0.25) is 4.79 Å². The molecule has 0 radical (unpaired) electrons. The lowest BCUT2D eigenvalue weighted by Crippen LogP contribution is -2.28. The average Bonchev–Trinajstić information content (AvgIpc) is 2.15. The van der Waals surface area contributed by atoms with Gasteiger partial charge in [0.1, 0.15) is 0 Å². The van der Waals surface area contributed by atoms with Crippen molar-refractivity contribution in [3.05, 3.63) is 46.4 Å². The Morgan fingerprint density at radius 1 is 1.31 bits per heavy atom. The number of fused-ring (bicyclic) bond motifs is 1. The van der Waals surface area contributed by atoms with Gasteiger partial charge < -0.3 is 5.84 Å². The molecule has 0 unspecified atom stereocenters. The quantitative estimate of drug-likeness (QED) is 0.606. The Balaban J connectivity index is 3.03. The summed E-state index contributed by atoms with van der Waals surface area (Å²) in [7, 11) is 0. The van der Waals surface area contributed by atoms with Crippen LogP contribution in [0, 0.1) is 6.92 Å². The molecule has 0 aliphatic carbocycles. The van der Waals surface area contributed by atoms with Crippen molar-refractivity contribution in [1.82, 2.24) is 4.68 Å². The van der Waals surface area contributed by atoms with E-state index in [1.165, 1.54) is 4.68 Å². The third-order valence-electron chi connectivity index (χ3n) is 2.15. The molecule has 2 aromatic rings. The van der Waals surface area contributed by atoms with Crippen LogP contribution in [-0.4, -0.2) is 4.68 Å². The monoisotopic (exact) mass is 174 g/mol. The van der Waals surface area contributed by atoms with Crippen molar-refractivity contribution >= 4 is 10.8 Å². The second-order valence-electron chi connectivity index (χ2n) is 3.05. The maximum absolute atomic E-state index is 11.6. The fourth-order valence-electron chi connectivity index (χ4n) is 1.40. The minimum Gasteiger partial charge on any atom is -0.336 e. The summed E-state index contributed by atoms with van der Waals surface area (Å²) in [4.78, 5) is 11.6. The molecule has 3 nitrogen and oxygen atoms in total. The maximum atomic E-state index is 11.6. The maximum Gasteiger partial charge on any atom is 0.276 e. The molecule has 3 heteroatoms. The molecular formula is C10H10N2O. The van der Waals surface area contributed by atoms with E-state index in [2.05, 4.69) is 0 Å². The predicted octanol–water partition coefficient (Wildman–Crippen LogP) is 1.02. The first-order valence-electron chi connectivity index (χ1n) is 4.06. The zero-order chi connectivity index (χ0) is 9.42. The summed E-state index contributed by atoms with van der Waals surface area (Å²) >= 11 is 0. The van der Waals surface area contributed by atoms with Gasteiger partial charge in [-0.15, -0.1) is 0 Å². The topological polar surface area (TPSA) is 48.0 Å². The molecule has 0 saturated heterocycles. The molecule has 1 aromatic heterocycles. The van der Waals surface area contributed by atoms with Gasteiger partial charge in [-0.1, -0.05) is 18.2 Å². The molecule has 13 heavy (non-hydrogen) atoms. The number of hydrogen-bond acceptors (Lipinski definition) is 2. The number of rotatable bonds is 0. The lowest BCUT2D eigenvalue weighted by molar-refractivity contribution is 0.901. The Bertz CT molecular complexity index is 514. The van der Waals surface area contributed by atoms with E-state index < -0.39 is 0 Å². The first-order chi connectivity index (χ1) is 6.20. The van der Waals surface area contributed by atoms with Crippen LogP contribution in [-0.2, 0) is 0 Å². The summed E-state index contributed by atoms with van der Waals surface area (Å²) in [5, 5.41) is 1.60. The van der Waals surface area contributed by atoms with Gasteiger partial charge in [0.05, 0.1) is 0 Å². The molecular weight excluding hydrogens is 164 g/mol. The summed E-state index contributed by atoms with van der Waals surface area (Å²) in [6.07, 6.45) is 0. The Morgan fingerprint density at radius 2 is 2.00 bits per heavy atom. The van der Waals surface area contributed by atoms with Crippen molar-refractivity contribution in [2.75, 3.05) is 5.84 Å². The Kier molecular flexibility index (Phi) is 1.59. The molecule has 0 aliphatic rings. The minimum absolute atomic E-state index is 0.143. The molecule has 0 fully saturated rings. The highest BCUT2D eigenvalue weighted by molar-refractivity contribution is 5.81. The number of nitrogens with zero attached hydrogens (tertiary/aromatic N) is 1. The van der Waals surface area contributed by atoms with E-state index in [9.17, 15) is 4.79 Å². The Hall–Kier alpha value is -1.77. The molecule has 0 spiro atoms. The van der Waals surface area contributed by atoms with E-state index >= 15 is 0 Å². The van der Waals surface area contributed by atoms with Gasteiger partial charge in [0.25, 0.3) is 5.56 Å². The summed E-state index contributed by atoms with van der Waals surface area (Å²) in [6.45, 7) is 1.81. The van der Waals surface area contributed by atoms with E-state index in [0.717, 1.165) is 11.1 Å². The van der Waals surface area contributed by atoms with Crippen LogP contribution in [0.3, 0.4) is 0 Å². The number of pyridine rings is 1. The van der Waals surface area contributed by atoms with E-state index in [1.54, 1.807) is 6.07 Å². The molecule has 2 N–H and O–H groups in total. The summed E-state index contributed by atoms with van der Waals surface area (Å²) in [5.74, 6) is 5.55. The molecule has 0 bridgehead atoms. The van der Waals surface area contributed by atoms with Crippen molar-refractivity contribution in [2.45, 2.75) is 6.92 Å². The van der Waals surface area contributed by atoms with Crippen LogP contribution in [0.5, 0.6) is 0 Å². The van der Waals surface area contributed by atoms with Crippen LogP contribution in [0.2, 0.25) is 0 Å². The standard InChI is InChI=1S/C10H10N2O/c1-7-6-8-4-2-3-5-9(8)10(13)12(7)11/h2-6H,11H2,1H3. The van der Waals surface area contributed by atoms with Crippen LogP contribution in [0.1, 0.15) is 5.69 Å². The predicted molar refractivity (Wildman–Crippen MR) is 53.1 cm³/mol. The molecule has 0 amide bonds. The van der Waals surface area contributed by atoms with Crippen molar-refractivity contribution in [3.8, 4) is 0 Å². The number of aromatic nitrogens is 1. The number of hydrogen-bond donors (Lipinski definition) is 1. The molecule has 2 rings (SSSR count). The second-order valence-corrected chi connectivity index (χ2v) is 3.05. The van der Waals surface area contributed by atoms with Gasteiger partial charge in [0, 0.05) is 11.1 Å². The third kappa shape index (κ3) is 1.09. The zero-order valence-electron chi connectivity index (χ0n) is 7.32. The molecule has 0 saturated carbocycles. The zero-order valence-corrected chi connectivity index (χ0v) is 7.32. The van der Waals surface area contributed by atoms with Gasteiger partial charge in [-0.25, -0.2) is 4.68 Å². The third-order valence-corrected chi connectivity index (χ3v) is 2.15. The van der Waals surface area contributed by atoms with Gasteiger partial charge in [-0.05, 0) is 24.4 Å². The highest BCUT2D eigenvalue weighted by atomic mass is 16.1. The van der Waals surface area contributed by atoms with E-state index in [1.807, 2.05) is 31.2 Å². The lowest BCUT2D eigenvalue weighted by Gasteiger charge is -2.04. The number of benzene rings is 1. The van der Waals surface area contributed by atoms with Crippen molar-refractivity contribution in [2.24, 2.45) is 0 Å². The summed E-state index contributed by atoms with van der Waals surface area (Å²) < 4.78 is 1.17. The van der Waals surface area contributed by atoms with Crippen molar-refractivity contribution < 1.29 is 0 Å². The fraction of sp³-hybridized carbons (Fsp3) is 0.100. The van der Waals surface area contributed by atoms with Gasteiger partial charge in [-0.2, -0.15) is 0 Å². The highest BCUT2D eigenvalue weighted by Gasteiger charge is 2.01. The van der Waals surface area contributed by atoms with Crippen LogP contribution in [0.15, 0.2) is 35.1 Å². The fourth-order valence-corrected chi connectivity index (χ4v) is 1.40. The van der Waals surface area contributed by atoms with E-state index in [4.69, 9.17) is 5.84 Å². The Morgan fingerprint density at radius 3 is 2.77 bits per heavy atom. The number of nitrogens with two attached hydrogens (primary N) is 1. The van der Waals surface area contributed by atoms with E-state index in [0.29, 0.717) is 5.39 Å². The largest absolute Gasteiger partial charge is 0.336 e. The summed E-state index contributed by atoms with van der Waals surface area (Å²) in [6, 6.07) is 9.32. The first kappa shape index (κ1) is 7.86. The number of nitrogen functional groups attached to an aromatic ring is 1. The van der Waals surface area contributed by atoms with Crippen LogP contribution in [0.4, 0.5) is 0 Å². The van der Waals surface area contributed by atoms with Gasteiger partial charge in [0.2, 0.25) is 0 Å². The van der Waals surface area contributed by atoms with Crippen molar-refractivity contribution in [1.29, 1.82) is 0 Å². The van der Waals surface area contributed by atoms with Gasteiger partial charge >= 0.3 is 0 Å². The molecule has 0 aliphatic heterocycles. The highest BCUT2D eigenvalue weighted by Crippen LogP contribution is 2.09. The average molecular weight is 174 g/mol. The van der Waals surface area contributed by atoms with Crippen LogP contribution < -0.4 is 11.4 Å². The molecule has 66 valence electrons. The summed E-state index contributed by atoms with van der Waals surface area (Å²) in [5.41, 5.74) is 0.624. The first-order valence-corrected chi connectivity index (χ1v) is 4.06. The second kappa shape index (κ2) is 2.62. The van der Waals surface area contributed by atoms with Crippen LogP contribution in [0.25, 0.3) is 10.8 Å². The molecule has 1 heterocycles. The SMILES string of the molecule is Cc1cc2ccccc2c(=O)n1N. The van der Waals surface area contributed by atoms with E-state index in [-0.39, 0.29) is 5.56 Å².